The van der Waals surface area contributed by atoms with Gasteiger partial charge in [-0.1, -0.05) is 60.7 Å². The first-order chi connectivity index (χ1) is 9.42. The molecule has 114 valence electrons. The minimum absolute atomic E-state index is 0. The second-order valence-corrected chi connectivity index (χ2v) is 5.92. The van der Waals surface area contributed by atoms with Crippen LogP contribution in [0.15, 0.2) is 60.7 Å². The van der Waals surface area contributed by atoms with Crippen LogP contribution in [-0.2, 0) is 21.0 Å². The highest BCUT2D eigenvalue weighted by molar-refractivity contribution is 5.22. The Morgan fingerprint density at radius 1 is 0.571 bits per heavy atom. The van der Waals surface area contributed by atoms with E-state index in [2.05, 4.69) is 0 Å². The van der Waals surface area contributed by atoms with E-state index in [0.29, 0.717) is 0 Å². The van der Waals surface area contributed by atoms with Crippen molar-refractivity contribution in [2.75, 3.05) is 0 Å². The van der Waals surface area contributed by atoms with Crippen molar-refractivity contribution in [1.82, 2.24) is 0 Å². The first-order valence-electron chi connectivity index (χ1n) is 6.90. The summed E-state index contributed by atoms with van der Waals surface area (Å²) < 4.78 is 0. The number of hydrogen-bond donors (Lipinski definition) is 0. The summed E-state index contributed by atoms with van der Waals surface area (Å²) in [7, 11) is 0. The Labute approximate surface area is 126 Å². The maximum Gasteiger partial charge on any atom is 0.123 e. The molecule has 0 aliphatic rings. The van der Waals surface area contributed by atoms with Crippen LogP contribution in [0.5, 0.6) is 0 Å². The lowest BCUT2D eigenvalue weighted by Gasteiger charge is -2.31. The van der Waals surface area contributed by atoms with Crippen LogP contribution in [0.3, 0.4) is 0 Å². The Morgan fingerprint density at radius 2 is 0.857 bits per heavy atom. The molecule has 0 atom stereocenters. The molecule has 2 aromatic rings. The SMILES string of the molecule is CC(C)(OOC(C)(C)c1ccccc1)c1ccccc1.O. The van der Waals surface area contributed by atoms with Crippen molar-refractivity contribution in [1.29, 1.82) is 0 Å². The minimum Gasteiger partial charge on any atom is -0.412 e. The van der Waals surface area contributed by atoms with Crippen molar-refractivity contribution in [3.05, 3.63) is 71.8 Å². The van der Waals surface area contributed by atoms with Gasteiger partial charge in [0, 0.05) is 0 Å². The molecule has 2 aromatic carbocycles. The first-order valence-corrected chi connectivity index (χ1v) is 6.90. The maximum absolute atomic E-state index is 5.73. The number of rotatable bonds is 5. The van der Waals surface area contributed by atoms with Crippen molar-refractivity contribution in [2.24, 2.45) is 0 Å². The number of benzene rings is 2. The molecule has 0 unspecified atom stereocenters. The monoisotopic (exact) mass is 288 g/mol. The zero-order valence-electron chi connectivity index (χ0n) is 13.1. The molecule has 0 aliphatic carbocycles. The Kier molecular flexibility index (Phi) is 5.67. The van der Waals surface area contributed by atoms with Gasteiger partial charge in [-0.3, -0.25) is 0 Å². The lowest BCUT2D eigenvalue weighted by atomic mass is 9.98. The van der Waals surface area contributed by atoms with Crippen molar-refractivity contribution >= 4 is 0 Å². The van der Waals surface area contributed by atoms with E-state index in [1.54, 1.807) is 0 Å². The lowest BCUT2D eigenvalue weighted by Crippen LogP contribution is -2.29. The lowest BCUT2D eigenvalue weighted by molar-refractivity contribution is -0.410. The van der Waals surface area contributed by atoms with Gasteiger partial charge in [-0.05, 0) is 38.8 Å². The summed E-state index contributed by atoms with van der Waals surface area (Å²) in [6.45, 7) is 8.01. The normalized spacial score (nSPS) is 11.8. The second kappa shape index (κ2) is 6.85. The molecule has 0 bridgehead atoms. The van der Waals surface area contributed by atoms with E-state index in [-0.39, 0.29) is 5.48 Å². The predicted molar refractivity (Wildman–Crippen MR) is 84.7 cm³/mol. The second-order valence-electron chi connectivity index (χ2n) is 5.92. The van der Waals surface area contributed by atoms with Gasteiger partial charge >= 0.3 is 0 Å². The molecule has 0 radical (unpaired) electrons. The van der Waals surface area contributed by atoms with Crippen molar-refractivity contribution < 1.29 is 15.3 Å². The molecule has 2 N–H and O–H groups in total. The first kappa shape index (κ1) is 17.4. The van der Waals surface area contributed by atoms with Crippen LogP contribution in [-0.4, -0.2) is 5.48 Å². The van der Waals surface area contributed by atoms with Gasteiger partial charge in [-0.15, -0.1) is 0 Å². The fraction of sp³-hybridized carbons (Fsp3) is 0.333. The molecular weight excluding hydrogens is 264 g/mol. The van der Waals surface area contributed by atoms with Crippen LogP contribution in [0.4, 0.5) is 0 Å². The zero-order valence-corrected chi connectivity index (χ0v) is 13.1. The van der Waals surface area contributed by atoms with Crippen molar-refractivity contribution in [2.45, 2.75) is 38.9 Å². The maximum atomic E-state index is 5.73. The summed E-state index contributed by atoms with van der Waals surface area (Å²) in [5.41, 5.74) is 1.19. The van der Waals surface area contributed by atoms with Crippen molar-refractivity contribution in [3.63, 3.8) is 0 Å². The molecule has 2 rings (SSSR count). The minimum atomic E-state index is -0.493. The zero-order chi connectivity index (χ0) is 14.6. The summed E-state index contributed by atoms with van der Waals surface area (Å²) >= 11 is 0. The van der Waals surface area contributed by atoms with Gasteiger partial charge < -0.3 is 5.48 Å². The van der Waals surface area contributed by atoms with Gasteiger partial charge in [0.1, 0.15) is 11.2 Å². The van der Waals surface area contributed by atoms with Gasteiger partial charge in [-0.25, -0.2) is 9.78 Å². The molecule has 0 aromatic heterocycles. The molecule has 21 heavy (non-hydrogen) atoms. The van der Waals surface area contributed by atoms with Crippen LogP contribution < -0.4 is 0 Å². The average molecular weight is 288 g/mol. The molecular formula is C18H24O3. The van der Waals surface area contributed by atoms with Gasteiger partial charge in [-0.2, -0.15) is 0 Å². The molecule has 0 amide bonds. The Hall–Kier alpha value is -1.68. The predicted octanol–water partition coefficient (Wildman–Crippen LogP) is 3.98. The van der Waals surface area contributed by atoms with E-state index in [1.165, 1.54) is 0 Å². The smallest absolute Gasteiger partial charge is 0.123 e. The Morgan fingerprint density at radius 3 is 1.14 bits per heavy atom. The molecule has 0 saturated heterocycles. The van der Waals surface area contributed by atoms with Crippen LogP contribution in [0.1, 0.15) is 38.8 Å². The summed E-state index contributed by atoms with van der Waals surface area (Å²) in [4.78, 5) is 11.5. The Balaban J connectivity index is 0.00000220. The quantitative estimate of drug-likeness (QED) is 0.617. The summed E-state index contributed by atoms with van der Waals surface area (Å²) in [6.07, 6.45) is 0. The fourth-order valence-corrected chi connectivity index (χ4v) is 1.98. The van der Waals surface area contributed by atoms with Crippen LogP contribution >= 0.6 is 0 Å². The van der Waals surface area contributed by atoms with Gasteiger partial charge in [0.15, 0.2) is 0 Å². The molecule has 0 fully saturated rings. The molecule has 3 nitrogen and oxygen atoms in total. The van der Waals surface area contributed by atoms with Crippen LogP contribution in [0.2, 0.25) is 0 Å². The van der Waals surface area contributed by atoms with E-state index < -0.39 is 11.2 Å². The van der Waals surface area contributed by atoms with Crippen LogP contribution in [0, 0.1) is 0 Å². The molecule has 3 heteroatoms. The summed E-state index contributed by atoms with van der Waals surface area (Å²) in [5, 5.41) is 0. The third kappa shape index (κ3) is 4.39. The highest BCUT2D eigenvalue weighted by Gasteiger charge is 2.29. The van der Waals surface area contributed by atoms with Crippen LogP contribution in [0.25, 0.3) is 0 Å². The highest BCUT2D eigenvalue weighted by atomic mass is 17.2. The molecule has 0 heterocycles. The average Bonchev–Trinajstić information content (AvgIpc) is 2.47. The standard InChI is InChI=1S/C18H22O2.H2O/c1-17(2,15-11-7-5-8-12-15)19-20-18(3,4)16-13-9-6-10-14-16;/h5-14H,1-4H3;1H2. The summed E-state index contributed by atoms with van der Waals surface area (Å²) in [6, 6.07) is 20.2. The van der Waals surface area contributed by atoms with E-state index in [0.717, 1.165) is 11.1 Å². The molecule has 0 aliphatic heterocycles. The summed E-state index contributed by atoms with van der Waals surface area (Å²) in [5.74, 6) is 0. The van der Waals surface area contributed by atoms with Crippen molar-refractivity contribution in [3.8, 4) is 0 Å². The largest absolute Gasteiger partial charge is 0.412 e. The third-order valence-electron chi connectivity index (χ3n) is 3.40. The number of hydrogen-bond acceptors (Lipinski definition) is 2. The van der Waals surface area contributed by atoms with E-state index in [9.17, 15) is 0 Å². The van der Waals surface area contributed by atoms with E-state index in [1.807, 2.05) is 88.4 Å². The van der Waals surface area contributed by atoms with E-state index in [4.69, 9.17) is 9.78 Å². The van der Waals surface area contributed by atoms with Gasteiger partial charge in [0.2, 0.25) is 0 Å². The highest BCUT2D eigenvalue weighted by Crippen LogP contribution is 2.31. The fourth-order valence-electron chi connectivity index (χ4n) is 1.98. The molecule has 0 saturated carbocycles. The van der Waals surface area contributed by atoms with E-state index >= 15 is 0 Å². The molecule has 0 spiro atoms. The topological polar surface area (TPSA) is 50.0 Å². The third-order valence-corrected chi connectivity index (χ3v) is 3.40. The van der Waals surface area contributed by atoms with Gasteiger partial charge in [0.25, 0.3) is 0 Å². The Bertz CT molecular complexity index is 481. The van der Waals surface area contributed by atoms with Gasteiger partial charge in [0.05, 0.1) is 0 Å².